The van der Waals surface area contributed by atoms with Crippen LogP contribution in [-0.2, 0) is 0 Å². The van der Waals surface area contributed by atoms with Gasteiger partial charge in [-0.3, -0.25) is 15.1 Å². The minimum Gasteiger partial charge on any atom is -0.872 e. The molecule has 1 aromatic heterocycles. The van der Waals surface area contributed by atoms with E-state index in [9.17, 15) is 20.3 Å². The number of nitrogens with zero attached hydrogens (tertiary/aromatic N) is 3. The fraction of sp³-hybridized carbons (Fsp3) is 0. The molecule has 4 rings (SSSR count). The van der Waals surface area contributed by atoms with Gasteiger partial charge in [0, 0.05) is 24.4 Å². The summed E-state index contributed by atoms with van der Waals surface area (Å²) in [5.74, 6) is -0.209. The molecule has 0 radical (unpaired) electrons. The van der Waals surface area contributed by atoms with Crippen molar-refractivity contribution >= 4 is 28.7 Å². The molecule has 0 bridgehead atoms. The molecule has 0 aliphatic heterocycles. The second-order valence-corrected chi connectivity index (χ2v) is 5.93. The Balaban J connectivity index is 1.64. The van der Waals surface area contributed by atoms with Crippen molar-refractivity contribution in [3.05, 3.63) is 76.3 Å². The molecule has 0 saturated heterocycles. The van der Waals surface area contributed by atoms with Gasteiger partial charge in [0.2, 0.25) is 5.89 Å². The molecule has 138 valence electrons. The van der Waals surface area contributed by atoms with Crippen LogP contribution in [0.25, 0.3) is 22.6 Å². The molecule has 0 fully saturated rings. The lowest BCUT2D eigenvalue weighted by Gasteiger charge is -2.08. The van der Waals surface area contributed by atoms with Gasteiger partial charge in [0.1, 0.15) is 11.3 Å². The number of hydrogen-bond acceptors (Lipinski definition) is 7. The molecule has 0 amide bonds. The molecule has 1 N–H and O–H groups in total. The average molecular weight is 374 g/mol. The highest BCUT2D eigenvalue weighted by molar-refractivity contribution is 5.86. The third-order valence-electron chi connectivity index (χ3n) is 4.06. The van der Waals surface area contributed by atoms with E-state index in [1.807, 2.05) is 12.1 Å². The molecule has 4 aromatic rings. The lowest BCUT2D eigenvalue weighted by atomic mass is 10.1. The Labute approximate surface area is 158 Å². The fourth-order valence-electron chi connectivity index (χ4n) is 2.66. The van der Waals surface area contributed by atoms with Gasteiger partial charge >= 0.3 is 0 Å². The summed E-state index contributed by atoms with van der Waals surface area (Å²) in [5.41, 5.74) is 1.92. The minimum atomic E-state index is -0.586. The van der Waals surface area contributed by atoms with Crippen molar-refractivity contribution in [3.63, 3.8) is 0 Å². The van der Waals surface area contributed by atoms with E-state index >= 15 is 0 Å². The van der Waals surface area contributed by atoms with E-state index in [-0.39, 0.29) is 28.6 Å². The molecule has 1 heterocycles. The average Bonchev–Trinajstić information content (AvgIpc) is 3.11. The molecule has 8 nitrogen and oxygen atoms in total. The fourth-order valence-corrected chi connectivity index (χ4v) is 2.66. The van der Waals surface area contributed by atoms with Crippen molar-refractivity contribution in [1.29, 1.82) is 0 Å². The zero-order valence-corrected chi connectivity index (χ0v) is 14.3. The van der Waals surface area contributed by atoms with E-state index in [4.69, 9.17) is 4.42 Å². The van der Waals surface area contributed by atoms with Gasteiger partial charge in [0.25, 0.3) is 5.69 Å². The van der Waals surface area contributed by atoms with Gasteiger partial charge in [-0.15, -0.1) is 0 Å². The number of aromatic hydroxyl groups is 1. The van der Waals surface area contributed by atoms with E-state index in [1.54, 1.807) is 24.3 Å². The monoisotopic (exact) mass is 374 g/mol. The maximum Gasteiger partial charge on any atom is 0.270 e. The molecule has 0 saturated carbocycles. The van der Waals surface area contributed by atoms with Gasteiger partial charge < -0.3 is 14.6 Å². The van der Waals surface area contributed by atoms with Crippen molar-refractivity contribution in [2.24, 2.45) is 4.99 Å². The van der Waals surface area contributed by atoms with Crippen LogP contribution in [0.5, 0.6) is 11.5 Å². The van der Waals surface area contributed by atoms with Crippen molar-refractivity contribution in [2.45, 2.75) is 0 Å². The Morgan fingerprint density at radius 2 is 1.93 bits per heavy atom. The zero-order chi connectivity index (χ0) is 19.7. The number of nitro groups is 1. The van der Waals surface area contributed by atoms with E-state index in [2.05, 4.69) is 9.98 Å². The highest BCUT2D eigenvalue weighted by Crippen LogP contribution is 2.34. The van der Waals surface area contributed by atoms with Crippen LogP contribution in [0.3, 0.4) is 0 Å². The van der Waals surface area contributed by atoms with Gasteiger partial charge in [0.15, 0.2) is 5.58 Å². The van der Waals surface area contributed by atoms with Gasteiger partial charge in [0.05, 0.1) is 16.2 Å². The first-order chi connectivity index (χ1) is 13.5. The summed E-state index contributed by atoms with van der Waals surface area (Å²) in [4.78, 5) is 18.7. The summed E-state index contributed by atoms with van der Waals surface area (Å²) < 4.78 is 5.64. The Morgan fingerprint density at radius 3 is 2.68 bits per heavy atom. The molecule has 0 spiro atoms. The predicted molar refractivity (Wildman–Crippen MR) is 101 cm³/mol. The molecule has 0 aliphatic rings. The summed E-state index contributed by atoms with van der Waals surface area (Å²) in [6, 6.07) is 15.3. The van der Waals surface area contributed by atoms with E-state index in [0.29, 0.717) is 22.4 Å². The quantitative estimate of drug-likeness (QED) is 0.328. The first-order valence-corrected chi connectivity index (χ1v) is 8.20. The Kier molecular flexibility index (Phi) is 4.21. The Morgan fingerprint density at radius 1 is 1.11 bits per heavy atom. The van der Waals surface area contributed by atoms with Crippen LogP contribution in [0.4, 0.5) is 11.4 Å². The van der Waals surface area contributed by atoms with Gasteiger partial charge in [-0.25, -0.2) is 4.98 Å². The largest absolute Gasteiger partial charge is 0.872 e. The number of phenols is 1. The number of non-ortho nitro benzene ring substituents is 1. The zero-order valence-electron chi connectivity index (χ0n) is 14.3. The number of hydrogen-bond donors (Lipinski definition) is 1. The summed E-state index contributed by atoms with van der Waals surface area (Å²) in [5, 5.41) is 33.0. The van der Waals surface area contributed by atoms with Crippen molar-refractivity contribution in [3.8, 4) is 23.0 Å². The molecule has 0 aliphatic carbocycles. The molecule has 0 unspecified atom stereocenters. The summed E-state index contributed by atoms with van der Waals surface area (Å²) in [7, 11) is 0. The third kappa shape index (κ3) is 3.26. The number of fused-ring (bicyclic) bond motifs is 1. The number of oxazole rings is 1. The second-order valence-electron chi connectivity index (χ2n) is 5.93. The second kappa shape index (κ2) is 6.84. The first kappa shape index (κ1) is 17.2. The van der Waals surface area contributed by atoms with E-state index < -0.39 is 4.92 Å². The number of aliphatic imine (C=N–C) groups is 1. The van der Waals surface area contributed by atoms with Crippen LogP contribution >= 0.6 is 0 Å². The lowest BCUT2D eigenvalue weighted by molar-refractivity contribution is -0.385. The first-order valence-electron chi connectivity index (χ1n) is 8.20. The maximum atomic E-state index is 11.8. The molecular formula is C20H12N3O5-. The minimum absolute atomic E-state index is 0.0803. The van der Waals surface area contributed by atoms with Crippen molar-refractivity contribution < 1.29 is 19.6 Å². The normalized spacial score (nSPS) is 11.3. The maximum absolute atomic E-state index is 11.8. The smallest absolute Gasteiger partial charge is 0.270 e. The van der Waals surface area contributed by atoms with Gasteiger partial charge in [-0.05, 0) is 29.8 Å². The molecule has 28 heavy (non-hydrogen) atoms. The number of aromatic nitrogens is 1. The van der Waals surface area contributed by atoms with Crippen LogP contribution in [0.1, 0.15) is 5.56 Å². The highest BCUT2D eigenvalue weighted by Gasteiger charge is 2.12. The van der Waals surface area contributed by atoms with E-state index in [0.717, 1.165) is 18.2 Å². The highest BCUT2D eigenvalue weighted by atomic mass is 16.6. The van der Waals surface area contributed by atoms with Crippen molar-refractivity contribution in [1.82, 2.24) is 4.98 Å². The number of phenolic OH excluding ortho intramolecular Hbond substituents is 1. The van der Waals surface area contributed by atoms with Gasteiger partial charge in [-0.2, -0.15) is 0 Å². The third-order valence-corrected chi connectivity index (χ3v) is 4.06. The number of para-hydroxylation sites is 2. The lowest BCUT2D eigenvalue weighted by Crippen LogP contribution is -1.98. The van der Waals surface area contributed by atoms with Gasteiger partial charge in [-0.1, -0.05) is 23.9 Å². The Bertz CT molecular complexity index is 1200. The SMILES string of the molecule is O=[N+]([O-])c1ccc([O-])c(C=Nc2ccc(-c3nc4ccccc4o3)c(O)c2)c1. The van der Waals surface area contributed by atoms with E-state index in [1.165, 1.54) is 12.3 Å². The Hall–Kier alpha value is -4.20. The summed E-state index contributed by atoms with van der Waals surface area (Å²) in [6.45, 7) is 0. The molecule has 8 heteroatoms. The standard InChI is InChI=1S/C20H13N3O5/c24-17-8-6-14(23(26)27)9-12(17)11-21-13-5-7-15(18(25)10-13)20-22-16-3-1-2-4-19(16)28-20/h1-11,24-25H/p-1. The van der Waals surface area contributed by atoms with Crippen LogP contribution in [0.15, 0.2) is 70.1 Å². The number of benzene rings is 3. The predicted octanol–water partition coefficient (Wildman–Crippen LogP) is 3.93. The number of rotatable bonds is 4. The molecule has 3 aromatic carbocycles. The topological polar surface area (TPSA) is 125 Å². The van der Waals surface area contributed by atoms with Crippen molar-refractivity contribution in [2.75, 3.05) is 0 Å². The molecule has 0 atom stereocenters. The molecular weight excluding hydrogens is 362 g/mol. The summed E-state index contributed by atoms with van der Waals surface area (Å²) in [6.07, 6.45) is 1.23. The van der Waals surface area contributed by atoms with Crippen LogP contribution in [0, 0.1) is 10.1 Å². The van der Waals surface area contributed by atoms with Crippen LogP contribution < -0.4 is 5.11 Å². The summed E-state index contributed by atoms with van der Waals surface area (Å²) >= 11 is 0. The van der Waals surface area contributed by atoms with Crippen LogP contribution in [0.2, 0.25) is 0 Å². The number of nitro benzene ring substituents is 1. The van der Waals surface area contributed by atoms with Crippen LogP contribution in [-0.4, -0.2) is 21.2 Å².